The summed E-state index contributed by atoms with van der Waals surface area (Å²) in [4.78, 5) is 12.0. The number of carbonyl (C=O) groups is 1. The van der Waals surface area contributed by atoms with Crippen molar-refractivity contribution in [3.63, 3.8) is 0 Å². The third-order valence-corrected chi connectivity index (χ3v) is 3.76. The first-order valence-electron chi connectivity index (χ1n) is 7.94. The second kappa shape index (κ2) is 7.97. The molecule has 0 aromatic heterocycles. The van der Waals surface area contributed by atoms with Crippen molar-refractivity contribution in [3.8, 4) is 5.75 Å². The lowest BCUT2D eigenvalue weighted by atomic mass is 10.1. The molecule has 1 amide bonds. The third kappa shape index (κ3) is 4.14. The van der Waals surface area contributed by atoms with Gasteiger partial charge < -0.3 is 10.1 Å². The maximum atomic E-state index is 12.0. The van der Waals surface area contributed by atoms with Crippen LogP contribution in [0.5, 0.6) is 5.75 Å². The fourth-order valence-electron chi connectivity index (χ4n) is 2.54. The Morgan fingerprint density at radius 1 is 1.04 bits per heavy atom. The number of hydrazone groups is 1. The van der Waals surface area contributed by atoms with E-state index in [4.69, 9.17) is 4.74 Å². The lowest BCUT2D eigenvalue weighted by Crippen LogP contribution is -2.25. The number of hydrogen-bond acceptors (Lipinski definition) is 4. The normalized spacial score (nSPS) is 10.8. The van der Waals surface area contributed by atoms with Crippen LogP contribution in [0.1, 0.15) is 5.56 Å². The van der Waals surface area contributed by atoms with Crippen LogP contribution in [0.2, 0.25) is 0 Å². The van der Waals surface area contributed by atoms with Gasteiger partial charge in [-0.3, -0.25) is 4.79 Å². The number of nitrogens with one attached hydrogen (secondary N) is 2. The largest absolute Gasteiger partial charge is 0.496 e. The maximum absolute atomic E-state index is 12.0. The number of carbonyl (C=O) groups excluding carboxylic acids is 1. The SMILES string of the molecule is COc1ccccc1/C=N/NC(=O)CNc1cccc2ccccc12. The molecule has 0 fully saturated rings. The van der Waals surface area contributed by atoms with Crippen molar-refractivity contribution in [2.75, 3.05) is 19.0 Å². The van der Waals surface area contributed by atoms with Gasteiger partial charge in [0.05, 0.1) is 19.9 Å². The van der Waals surface area contributed by atoms with Gasteiger partial charge in [-0.1, -0.05) is 48.5 Å². The minimum atomic E-state index is -0.223. The number of benzene rings is 3. The fourth-order valence-corrected chi connectivity index (χ4v) is 2.54. The highest BCUT2D eigenvalue weighted by Gasteiger charge is 2.03. The minimum absolute atomic E-state index is 0.136. The number of nitrogens with zero attached hydrogens (tertiary/aromatic N) is 1. The Morgan fingerprint density at radius 2 is 1.80 bits per heavy atom. The average molecular weight is 333 g/mol. The summed E-state index contributed by atoms with van der Waals surface area (Å²) in [6.45, 7) is 0.136. The van der Waals surface area contributed by atoms with Crippen molar-refractivity contribution >= 4 is 28.6 Å². The summed E-state index contributed by atoms with van der Waals surface area (Å²) in [5, 5.41) is 9.33. The number of hydrogen-bond donors (Lipinski definition) is 2. The molecule has 3 aromatic rings. The lowest BCUT2D eigenvalue weighted by molar-refractivity contribution is -0.119. The molecule has 2 N–H and O–H groups in total. The van der Waals surface area contributed by atoms with Gasteiger partial charge in [-0.25, -0.2) is 5.43 Å². The molecular formula is C20H19N3O2. The van der Waals surface area contributed by atoms with Gasteiger partial charge in [-0.05, 0) is 23.6 Å². The van der Waals surface area contributed by atoms with Crippen LogP contribution < -0.4 is 15.5 Å². The highest BCUT2D eigenvalue weighted by molar-refractivity contribution is 5.95. The molecule has 5 heteroatoms. The van der Waals surface area contributed by atoms with Gasteiger partial charge in [0.2, 0.25) is 0 Å². The van der Waals surface area contributed by atoms with Crippen LogP contribution in [0.3, 0.4) is 0 Å². The van der Waals surface area contributed by atoms with Crippen LogP contribution in [0, 0.1) is 0 Å². The smallest absolute Gasteiger partial charge is 0.259 e. The van der Waals surface area contributed by atoms with E-state index in [9.17, 15) is 4.79 Å². The number of fused-ring (bicyclic) bond motifs is 1. The van der Waals surface area contributed by atoms with Crippen molar-refractivity contribution in [1.82, 2.24) is 5.43 Å². The van der Waals surface area contributed by atoms with E-state index in [0.29, 0.717) is 5.75 Å². The number of rotatable bonds is 6. The zero-order chi connectivity index (χ0) is 17.5. The first kappa shape index (κ1) is 16.5. The number of anilines is 1. The fraction of sp³-hybridized carbons (Fsp3) is 0.100. The van der Waals surface area contributed by atoms with Crippen molar-refractivity contribution in [1.29, 1.82) is 0 Å². The Labute approximate surface area is 146 Å². The molecule has 0 unspecified atom stereocenters. The van der Waals surface area contributed by atoms with Crippen LogP contribution in [0.25, 0.3) is 10.8 Å². The van der Waals surface area contributed by atoms with Gasteiger partial charge in [-0.2, -0.15) is 5.10 Å². The predicted molar refractivity (Wildman–Crippen MR) is 101 cm³/mol. The average Bonchev–Trinajstić information content (AvgIpc) is 2.66. The molecule has 0 aliphatic heterocycles. The van der Waals surface area contributed by atoms with E-state index in [1.807, 2.05) is 66.7 Å². The van der Waals surface area contributed by atoms with Gasteiger partial charge >= 0.3 is 0 Å². The number of para-hydroxylation sites is 1. The molecule has 3 aromatic carbocycles. The van der Waals surface area contributed by atoms with E-state index in [2.05, 4.69) is 15.8 Å². The van der Waals surface area contributed by atoms with Crippen molar-refractivity contribution in [2.45, 2.75) is 0 Å². The highest BCUT2D eigenvalue weighted by atomic mass is 16.5. The zero-order valence-electron chi connectivity index (χ0n) is 13.9. The Bertz CT molecular complexity index is 901. The third-order valence-electron chi connectivity index (χ3n) is 3.76. The standard InChI is InChI=1S/C20H19N3O2/c1-25-19-12-5-3-8-16(19)13-22-23-20(24)14-21-18-11-6-9-15-7-2-4-10-17(15)18/h2-13,21H,14H2,1H3,(H,23,24)/b22-13+. The molecule has 0 bridgehead atoms. The Morgan fingerprint density at radius 3 is 2.68 bits per heavy atom. The molecule has 0 aliphatic rings. The van der Waals surface area contributed by atoms with Gasteiger partial charge in [-0.15, -0.1) is 0 Å². The second-order valence-electron chi connectivity index (χ2n) is 5.42. The van der Waals surface area contributed by atoms with Crippen LogP contribution in [0.4, 0.5) is 5.69 Å². The molecule has 5 nitrogen and oxygen atoms in total. The lowest BCUT2D eigenvalue weighted by Gasteiger charge is -2.09. The summed E-state index contributed by atoms with van der Waals surface area (Å²) < 4.78 is 5.23. The maximum Gasteiger partial charge on any atom is 0.259 e. The zero-order valence-corrected chi connectivity index (χ0v) is 13.9. The van der Waals surface area contributed by atoms with Crippen molar-refractivity contribution in [2.24, 2.45) is 5.10 Å². The van der Waals surface area contributed by atoms with Crippen LogP contribution >= 0.6 is 0 Å². The van der Waals surface area contributed by atoms with Crippen molar-refractivity contribution < 1.29 is 9.53 Å². The molecule has 0 radical (unpaired) electrons. The summed E-state index contributed by atoms with van der Waals surface area (Å²) in [7, 11) is 1.60. The Balaban J connectivity index is 1.59. The molecule has 0 atom stereocenters. The topological polar surface area (TPSA) is 62.7 Å². The van der Waals surface area contributed by atoms with E-state index < -0.39 is 0 Å². The van der Waals surface area contributed by atoms with Gasteiger partial charge in [0.25, 0.3) is 5.91 Å². The molecule has 0 saturated heterocycles. The molecule has 126 valence electrons. The molecule has 0 spiro atoms. The molecule has 0 saturated carbocycles. The molecule has 0 heterocycles. The predicted octanol–water partition coefficient (Wildman–Crippen LogP) is 3.41. The number of ether oxygens (including phenoxy) is 1. The van der Waals surface area contributed by atoms with Crippen LogP contribution in [0.15, 0.2) is 71.8 Å². The van der Waals surface area contributed by atoms with Crippen molar-refractivity contribution in [3.05, 3.63) is 72.3 Å². The minimum Gasteiger partial charge on any atom is -0.496 e. The van der Waals surface area contributed by atoms with Gasteiger partial charge in [0.1, 0.15) is 5.75 Å². The summed E-state index contributed by atoms with van der Waals surface area (Å²) in [6, 6.07) is 21.4. The quantitative estimate of drug-likeness (QED) is 0.537. The van der Waals surface area contributed by atoms with Gasteiger partial charge in [0, 0.05) is 16.6 Å². The number of methoxy groups -OCH3 is 1. The Hall–Kier alpha value is -3.34. The number of amides is 1. The second-order valence-corrected chi connectivity index (χ2v) is 5.42. The summed E-state index contributed by atoms with van der Waals surface area (Å²) >= 11 is 0. The molecular weight excluding hydrogens is 314 g/mol. The van der Waals surface area contributed by atoms with Crippen LogP contribution in [-0.4, -0.2) is 25.8 Å². The van der Waals surface area contributed by atoms with Gasteiger partial charge in [0.15, 0.2) is 0 Å². The van der Waals surface area contributed by atoms with E-state index >= 15 is 0 Å². The van der Waals surface area contributed by atoms with E-state index in [-0.39, 0.29) is 12.5 Å². The molecule has 3 rings (SSSR count). The van der Waals surface area contributed by atoms with E-state index in [1.54, 1.807) is 13.3 Å². The monoisotopic (exact) mass is 333 g/mol. The Kier molecular flexibility index (Phi) is 5.26. The van der Waals surface area contributed by atoms with E-state index in [0.717, 1.165) is 22.0 Å². The highest BCUT2D eigenvalue weighted by Crippen LogP contribution is 2.22. The first-order valence-corrected chi connectivity index (χ1v) is 7.94. The first-order chi connectivity index (χ1) is 12.3. The van der Waals surface area contributed by atoms with Crippen LogP contribution in [-0.2, 0) is 4.79 Å². The molecule has 0 aliphatic carbocycles. The van der Waals surface area contributed by atoms with E-state index in [1.165, 1.54) is 0 Å². The summed E-state index contributed by atoms with van der Waals surface area (Å²) in [5.41, 5.74) is 4.23. The summed E-state index contributed by atoms with van der Waals surface area (Å²) in [6.07, 6.45) is 1.56. The summed E-state index contributed by atoms with van der Waals surface area (Å²) in [5.74, 6) is 0.480. The molecule has 25 heavy (non-hydrogen) atoms.